The van der Waals surface area contributed by atoms with Gasteiger partial charge in [-0.25, -0.2) is 22.9 Å². The predicted molar refractivity (Wildman–Crippen MR) is 141 cm³/mol. The number of hydrogen-bond acceptors (Lipinski definition) is 8. The number of aromatic nitrogens is 4. The smallest absolute Gasteiger partial charge is 0.332 e. The molecule has 37 heavy (non-hydrogen) atoms. The zero-order valence-corrected chi connectivity index (χ0v) is 22.5. The molecule has 3 aromatic rings. The molecule has 1 aromatic carbocycles. The number of nitrogens with zero attached hydrogens (tertiary/aromatic N) is 4. The molecule has 0 bridgehead atoms. The number of methoxy groups -OCH3 is 2. The summed E-state index contributed by atoms with van der Waals surface area (Å²) in [7, 11) is 0.486. The lowest BCUT2D eigenvalue weighted by Crippen LogP contribution is -2.40. The topological polar surface area (TPSA) is 147 Å². The van der Waals surface area contributed by atoms with Crippen LogP contribution in [-0.2, 0) is 30.2 Å². The van der Waals surface area contributed by atoms with Crippen LogP contribution >= 0.6 is 0 Å². The van der Waals surface area contributed by atoms with Gasteiger partial charge in [0, 0.05) is 32.7 Å². The number of nitrogens with one attached hydrogen (secondary N) is 1. The number of benzene rings is 1. The van der Waals surface area contributed by atoms with E-state index in [2.05, 4.69) is 9.71 Å². The molecule has 202 valence electrons. The number of aliphatic hydroxyl groups is 1. The Bertz CT molecular complexity index is 1530. The minimum atomic E-state index is -4.01. The highest BCUT2D eigenvalue weighted by atomic mass is 32.2. The Morgan fingerprint density at radius 3 is 2.24 bits per heavy atom. The summed E-state index contributed by atoms with van der Waals surface area (Å²) >= 11 is 0. The van der Waals surface area contributed by atoms with Gasteiger partial charge in [0.1, 0.15) is 5.82 Å². The van der Waals surface area contributed by atoms with Crippen molar-refractivity contribution in [3.05, 3.63) is 44.4 Å². The highest BCUT2D eigenvalue weighted by Gasteiger charge is 2.22. The third kappa shape index (κ3) is 5.48. The van der Waals surface area contributed by atoms with Crippen molar-refractivity contribution >= 4 is 33.3 Å². The maximum absolute atomic E-state index is 13.2. The van der Waals surface area contributed by atoms with Gasteiger partial charge in [0.05, 0.1) is 25.7 Å². The second kappa shape index (κ2) is 11.8. The van der Waals surface area contributed by atoms with Gasteiger partial charge in [-0.15, -0.1) is 0 Å². The van der Waals surface area contributed by atoms with Gasteiger partial charge >= 0.3 is 5.69 Å². The Hall–Kier alpha value is -3.42. The van der Waals surface area contributed by atoms with Gasteiger partial charge in [0.2, 0.25) is 10.0 Å². The van der Waals surface area contributed by atoms with Gasteiger partial charge in [-0.3, -0.25) is 13.9 Å². The summed E-state index contributed by atoms with van der Waals surface area (Å²) in [5, 5.41) is 9.09. The lowest BCUT2D eigenvalue weighted by molar-refractivity contribution is 0.301. The van der Waals surface area contributed by atoms with Gasteiger partial charge in [0.15, 0.2) is 22.7 Å². The number of aliphatic hydroxyl groups excluding tert-OH is 1. The first kappa shape index (κ1) is 28.2. The Morgan fingerprint density at radius 2 is 1.65 bits per heavy atom. The van der Waals surface area contributed by atoms with Gasteiger partial charge in [-0.1, -0.05) is 13.8 Å². The van der Waals surface area contributed by atoms with E-state index >= 15 is 0 Å². The third-order valence-electron chi connectivity index (χ3n) is 5.79. The molecule has 0 aliphatic carbocycles. The maximum atomic E-state index is 13.2. The molecule has 2 aromatic heterocycles. The number of sulfonamides is 1. The van der Waals surface area contributed by atoms with E-state index in [9.17, 15) is 18.0 Å². The van der Waals surface area contributed by atoms with E-state index in [1.807, 2.05) is 13.8 Å². The normalized spacial score (nSPS) is 12.1. The highest BCUT2D eigenvalue weighted by Crippen LogP contribution is 2.33. The fraction of sp³-hybridized carbons (Fsp3) is 0.458. The van der Waals surface area contributed by atoms with Crippen LogP contribution in [0.25, 0.3) is 23.3 Å². The molecule has 0 amide bonds. The first-order valence-electron chi connectivity index (χ1n) is 11.9. The minimum absolute atomic E-state index is 0.0955. The molecule has 0 spiro atoms. The molecule has 0 saturated heterocycles. The van der Waals surface area contributed by atoms with E-state index in [1.54, 1.807) is 17.7 Å². The van der Waals surface area contributed by atoms with E-state index in [4.69, 9.17) is 14.6 Å². The summed E-state index contributed by atoms with van der Waals surface area (Å²) in [4.78, 5) is 30.6. The highest BCUT2D eigenvalue weighted by molar-refractivity contribution is 7.89. The molecule has 13 heteroatoms. The van der Waals surface area contributed by atoms with E-state index in [0.717, 1.165) is 0 Å². The molecule has 12 nitrogen and oxygen atoms in total. The summed E-state index contributed by atoms with van der Waals surface area (Å²) in [5.41, 5.74) is -0.00368. The zero-order valence-electron chi connectivity index (χ0n) is 21.6. The van der Waals surface area contributed by atoms with Crippen LogP contribution in [-0.4, -0.2) is 59.6 Å². The fourth-order valence-electron chi connectivity index (χ4n) is 4.04. The average molecular weight is 536 g/mol. The largest absolute Gasteiger partial charge is 0.493 e. The summed E-state index contributed by atoms with van der Waals surface area (Å²) < 4.78 is 43.1. The molecule has 0 saturated carbocycles. The maximum Gasteiger partial charge on any atom is 0.332 e. The van der Waals surface area contributed by atoms with Crippen LogP contribution in [0, 0.1) is 0 Å². The second-order valence-corrected chi connectivity index (χ2v) is 10.0. The van der Waals surface area contributed by atoms with Crippen molar-refractivity contribution in [3.8, 4) is 11.5 Å². The Balaban J connectivity index is 2.24. The van der Waals surface area contributed by atoms with E-state index in [0.29, 0.717) is 37.5 Å². The molecule has 0 aliphatic heterocycles. The van der Waals surface area contributed by atoms with Gasteiger partial charge in [-0.05, 0) is 36.6 Å². The van der Waals surface area contributed by atoms with Gasteiger partial charge in [0.25, 0.3) is 5.56 Å². The molecule has 0 atom stereocenters. The fourth-order valence-corrected chi connectivity index (χ4v) is 5.25. The standard InChI is InChI=1S/C24H33N5O7S/c1-6-11-28-22-21(23(31)29(12-7-2)24(28)32)27(3)20(26-22)9-8-16-14-17(35-4)18(36-5)15-19(16)37(33,34)25-10-13-30/h8-9,14-15,25,30H,6-7,10-13H2,1-5H3/b9-8+. The monoisotopic (exact) mass is 535 g/mol. The first-order chi connectivity index (χ1) is 17.6. The van der Waals surface area contributed by atoms with Crippen molar-refractivity contribution in [3.63, 3.8) is 0 Å². The van der Waals surface area contributed by atoms with Crippen molar-refractivity contribution in [1.82, 2.24) is 23.4 Å². The number of hydrogen-bond donors (Lipinski definition) is 2. The summed E-state index contributed by atoms with van der Waals surface area (Å²) in [6, 6.07) is 2.84. The minimum Gasteiger partial charge on any atom is -0.493 e. The quantitative estimate of drug-likeness (QED) is 0.351. The van der Waals surface area contributed by atoms with E-state index < -0.39 is 21.3 Å². The van der Waals surface area contributed by atoms with Crippen LogP contribution in [0.2, 0.25) is 0 Å². The molecule has 3 rings (SSSR count). The van der Waals surface area contributed by atoms with E-state index in [-0.39, 0.29) is 40.5 Å². The van der Waals surface area contributed by atoms with Crippen molar-refractivity contribution in [1.29, 1.82) is 0 Å². The van der Waals surface area contributed by atoms with Crippen LogP contribution in [0.1, 0.15) is 38.1 Å². The summed E-state index contributed by atoms with van der Waals surface area (Å²) in [5.74, 6) is 0.881. The Labute approximate surface area is 214 Å². The van der Waals surface area contributed by atoms with Crippen LogP contribution in [0.5, 0.6) is 11.5 Å². The molecular weight excluding hydrogens is 502 g/mol. The third-order valence-corrected chi connectivity index (χ3v) is 7.31. The van der Waals surface area contributed by atoms with E-state index in [1.165, 1.54) is 41.6 Å². The summed E-state index contributed by atoms with van der Waals surface area (Å²) in [6.45, 7) is 3.98. The Kier molecular flexibility index (Phi) is 8.94. The number of ether oxygens (including phenoxy) is 2. The van der Waals surface area contributed by atoms with Crippen molar-refractivity contribution in [2.24, 2.45) is 7.05 Å². The first-order valence-corrected chi connectivity index (χ1v) is 13.4. The molecule has 2 N–H and O–H groups in total. The molecular formula is C24H33N5O7S. The summed E-state index contributed by atoms with van der Waals surface area (Å²) in [6.07, 6.45) is 4.40. The zero-order chi connectivity index (χ0) is 27.3. The predicted octanol–water partition coefficient (Wildman–Crippen LogP) is 1.17. The molecule has 0 unspecified atom stereocenters. The van der Waals surface area contributed by atoms with Crippen molar-refractivity contribution < 1.29 is 23.0 Å². The van der Waals surface area contributed by atoms with Gasteiger partial charge in [-0.2, -0.15) is 0 Å². The average Bonchev–Trinajstić information content (AvgIpc) is 3.21. The van der Waals surface area contributed by atoms with Gasteiger partial charge < -0.3 is 19.1 Å². The number of aryl methyl sites for hydroxylation is 2. The number of rotatable bonds is 12. The lowest BCUT2D eigenvalue weighted by atomic mass is 10.2. The second-order valence-electron chi connectivity index (χ2n) is 8.29. The molecule has 2 heterocycles. The SMILES string of the molecule is CCCn1c(=O)c2c(nc(/C=C/c3cc(OC)c(OC)cc3S(=O)(=O)NCCO)n2C)n(CCC)c1=O. The molecule has 0 aliphatic rings. The van der Waals surface area contributed by atoms with Crippen molar-refractivity contribution in [2.45, 2.75) is 44.7 Å². The van der Waals surface area contributed by atoms with Crippen LogP contribution in [0.4, 0.5) is 0 Å². The van der Waals surface area contributed by atoms with Crippen molar-refractivity contribution in [2.75, 3.05) is 27.4 Å². The molecule has 0 fully saturated rings. The van der Waals surface area contributed by atoms with Crippen LogP contribution < -0.4 is 25.4 Å². The lowest BCUT2D eigenvalue weighted by Gasteiger charge is -2.14. The Morgan fingerprint density at radius 1 is 1.03 bits per heavy atom. The molecule has 0 radical (unpaired) electrons. The van der Waals surface area contributed by atoms with Crippen LogP contribution in [0.15, 0.2) is 26.6 Å². The van der Waals surface area contributed by atoms with Crippen LogP contribution in [0.3, 0.4) is 0 Å². The number of fused-ring (bicyclic) bond motifs is 1. The number of imidazole rings is 1.